The van der Waals surface area contributed by atoms with Crippen LogP contribution in [0.3, 0.4) is 0 Å². The summed E-state index contributed by atoms with van der Waals surface area (Å²) < 4.78 is 5.31. The molecule has 3 nitrogen and oxygen atoms in total. The molecule has 5 rings (SSSR count). The molecule has 2 aromatic rings. The second-order valence-corrected chi connectivity index (χ2v) is 8.82. The lowest BCUT2D eigenvalue weighted by Gasteiger charge is -2.32. The molecule has 1 aliphatic carbocycles. The zero-order valence-electron chi connectivity index (χ0n) is 17.4. The molecule has 3 fully saturated rings. The number of ether oxygens (including phenoxy) is 1. The van der Waals surface area contributed by atoms with Crippen LogP contribution in [0.1, 0.15) is 43.2 Å². The summed E-state index contributed by atoms with van der Waals surface area (Å²) >= 11 is 0. The van der Waals surface area contributed by atoms with E-state index in [1.165, 1.54) is 44.3 Å². The predicted octanol–water partition coefficient (Wildman–Crippen LogP) is 5.06. The van der Waals surface area contributed by atoms with Crippen molar-refractivity contribution in [1.29, 1.82) is 0 Å². The van der Waals surface area contributed by atoms with Crippen molar-refractivity contribution in [1.82, 2.24) is 4.90 Å². The number of halogens is 1. The normalized spacial score (nSPS) is 23.7. The first-order chi connectivity index (χ1) is 13.6. The van der Waals surface area contributed by atoms with Crippen molar-refractivity contribution in [3.05, 3.63) is 65.7 Å². The fraction of sp³-hybridized carbons (Fsp3) is 0.520. The first-order valence-electron chi connectivity index (χ1n) is 10.8. The van der Waals surface area contributed by atoms with Crippen molar-refractivity contribution in [3.63, 3.8) is 0 Å². The van der Waals surface area contributed by atoms with Gasteiger partial charge in [0.05, 0.1) is 12.7 Å². The lowest BCUT2D eigenvalue weighted by molar-refractivity contribution is 0.0162. The number of aliphatic hydroxyl groups is 1. The van der Waals surface area contributed by atoms with Gasteiger partial charge in [-0.2, -0.15) is 0 Å². The van der Waals surface area contributed by atoms with Crippen molar-refractivity contribution >= 4 is 12.4 Å². The Kier molecular flexibility index (Phi) is 7.61. The summed E-state index contributed by atoms with van der Waals surface area (Å²) in [7, 11) is 1.68. The Balaban J connectivity index is 0.00000240. The van der Waals surface area contributed by atoms with Crippen molar-refractivity contribution in [2.24, 2.45) is 11.8 Å². The van der Waals surface area contributed by atoms with Gasteiger partial charge in [0, 0.05) is 26.1 Å². The monoisotopic (exact) mass is 415 g/mol. The number of benzene rings is 2. The minimum atomic E-state index is -0.862. The Morgan fingerprint density at radius 3 is 2.07 bits per heavy atom. The fourth-order valence-electron chi connectivity index (χ4n) is 5.10. The number of hydrogen-bond donors (Lipinski definition) is 1. The zero-order chi connectivity index (χ0) is 19.4. The number of nitrogens with zero attached hydrogens (tertiary/aromatic N) is 1. The number of rotatable bonds is 7. The van der Waals surface area contributed by atoms with Crippen LogP contribution in [0.25, 0.3) is 0 Å². The first kappa shape index (κ1) is 22.1. The van der Waals surface area contributed by atoms with Gasteiger partial charge in [-0.05, 0) is 67.2 Å². The number of fused-ring (bicyclic) bond motifs is 4. The molecular formula is C25H34ClNO2. The molecule has 3 aliphatic rings. The highest BCUT2D eigenvalue weighted by Crippen LogP contribution is 2.36. The summed E-state index contributed by atoms with van der Waals surface area (Å²) in [6.07, 6.45) is 6.98. The van der Waals surface area contributed by atoms with E-state index in [0.29, 0.717) is 6.42 Å². The highest BCUT2D eigenvalue weighted by molar-refractivity contribution is 5.85. The third kappa shape index (κ3) is 5.53. The van der Waals surface area contributed by atoms with Gasteiger partial charge in [-0.1, -0.05) is 42.5 Å². The summed E-state index contributed by atoms with van der Waals surface area (Å²) in [6, 6.07) is 18.3. The SMILES string of the molecule is COc1ccc(C(O)(CCN2CC3CCC(CC3)C2)Cc2ccccc2)cc1.Cl. The molecule has 158 valence electrons. The maximum Gasteiger partial charge on any atom is 0.118 e. The van der Waals surface area contributed by atoms with Crippen LogP contribution in [-0.4, -0.2) is 36.8 Å². The van der Waals surface area contributed by atoms with Crippen LogP contribution in [0.4, 0.5) is 0 Å². The van der Waals surface area contributed by atoms with E-state index in [-0.39, 0.29) is 12.4 Å². The highest BCUT2D eigenvalue weighted by atomic mass is 35.5. The fourth-order valence-corrected chi connectivity index (χ4v) is 5.10. The summed E-state index contributed by atoms with van der Waals surface area (Å²) in [5.74, 6) is 2.55. The quantitative estimate of drug-likeness (QED) is 0.686. The average molecular weight is 416 g/mol. The van der Waals surface area contributed by atoms with Crippen LogP contribution in [0.2, 0.25) is 0 Å². The third-order valence-electron chi connectivity index (χ3n) is 6.81. The Hall–Kier alpha value is -1.55. The molecule has 1 N–H and O–H groups in total. The van der Waals surface area contributed by atoms with Crippen LogP contribution in [0.15, 0.2) is 54.6 Å². The van der Waals surface area contributed by atoms with Crippen LogP contribution >= 0.6 is 12.4 Å². The molecule has 0 amide bonds. The second-order valence-electron chi connectivity index (χ2n) is 8.82. The Labute approximate surface area is 181 Å². The minimum Gasteiger partial charge on any atom is -0.497 e. The van der Waals surface area contributed by atoms with Gasteiger partial charge in [-0.3, -0.25) is 0 Å². The van der Waals surface area contributed by atoms with E-state index in [1.54, 1.807) is 7.11 Å². The summed E-state index contributed by atoms with van der Waals surface area (Å²) in [5, 5.41) is 11.8. The van der Waals surface area contributed by atoms with E-state index >= 15 is 0 Å². The summed E-state index contributed by atoms with van der Waals surface area (Å²) in [4.78, 5) is 2.62. The average Bonchev–Trinajstić information content (AvgIpc) is 3.06. The molecule has 0 radical (unpaired) electrons. The van der Waals surface area contributed by atoms with Gasteiger partial charge in [-0.15, -0.1) is 12.4 Å². The highest BCUT2D eigenvalue weighted by Gasteiger charge is 2.33. The van der Waals surface area contributed by atoms with E-state index in [4.69, 9.17) is 4.74 Å². The van der Waals surface area contributed by atoms with Crippen LogP contribution in [0, 0.1) is 11.8 Å². The Morgan fingerprint density at radius 1 is 0.931 bits per heavy atom. The van der Waals surface area contributed by atoms with Gasteiger partial charge in [0.25, 0.3) is 0 Å². The van der Waals surface area contributed by atoms with Crippen molar-refractivity contribution in [3.8, 4) is 5.75 Å². The molecule has 2 saturated heterocycles. The van der Waals surface area contributed by atoms with Crippen molar-refractivity contribution < 1.29 is 9.84 Å². The second kappa shape index (κ2) is 9.97. The molecule has 1 saturated carbocycles. The smallest absolute Gasteiger partial charge is 0.118 e. The van der Waals surface area contributed by atoms with Crippen LogP contribution < -0.4 is 4.74 Å². The molecule has 4 heteroatoms. The maximum absolute atomic E-state index is 11.8. The third-order valence-corrected chi connectivity index (χ3v) is 6.81. The molecule has 0 aromatic heterocycles. The lowest BCUT2D eigenvalue weighted by atomic mass is 9.84. The van der Waals surface area contributed by atoms with Crippen LogP contribution in [0.5, 0.6) is 5.75 Å². The van der Waals surface area contributed by atoms with E-state index in [0.717, 1.165) is 36.1 Å². The van der Waals surface area contributed by atoms with Gasteiger partial charge in [0.1, 0.15) is 5.75 Å². The minimum absolute atomic E-state index is 0. The van der Waals surface area contributed by atoms with Gasteiger partial charge in [-0.25, -0.2) is 0 Å². The Bertz CT molecular complexity index is 729. The van der Waals surface area contributed by atoms with Gasteiger partial charge in [0.15, 0.2) is 0 Å². The van der Waals surface area contributed by atoms with E-state index in [9.17, 15) is 5.11 Å². The van der Waals surface area contributed by atoms with Gasteiger partial charge < -0.3 is 14.7 Å². The van der Waals surface area contributed by atoms with E-state index in [2.05, 4.69) is 29.2 Å². The molecule has 1 unspecified atom stereocenters. The molecular weight excluding hydrogens is 382 g/mol. The number of methoxy groups -OCH3 is 1. The maximum atomic E-state index is 11.8. The van der Waals surface area contributed by atoms with Crippen molar-refractivity contribution in [2.75, 3.05) is 26.7 Å². The zero-order valence-corrected chi connectivity index (χ0v) is 18.2. The molecule has 2 heterocycles. The summed E-state index contributed by atoms with van der Waals surface area (Å²) in [6.45, 7) is 3.38. The van der Waals surface area contributed by atoms with E-state index in [1.807, 2.05) is 30.3 Å². The standard InChI is InChI=1S/C25H33NO2.ClH/c1-28-24-13-11-23(12-14-24)25(27,17-20-5-3-2-4-6-20)15-16-26-18-21-7-8-22(19-26)10-9-21;/h2-6,11-14,21-22,27H,7-10,15-19H2,1H3;1H. The first-order valence-corrected chi connectivity index (χ1v) is 10.8. The van der Waals surface area contributed by atoms with E-state index < -0.39 is 5.60 Å². The summed E-state index contributed by atoms with van der Waals surface area (Å²) in [5.41, 5.74) is 1.30. The molecule has 1 atom stereocenters. The topological polar surface area (TPSA) is 32.7 Å². The molecule has 29 heavy (non-hydrogen) atoms. The van der Waals surface area contributed by atoms with Crippen molar-refractivity contribution in [2.45, 2.75) is 44.1 Å². The number of hydrogen-bond acceptors (Lipinski definition) is 3. The lowest BCUT2D eigenvalue weighted by Crippen LogP contribution is -2.37. The molecule has 2 bridgehead atoms. The Morgan fingerprint density at radius 2 is 1.52 bits per heavy atom. The van der Waals surface area contributed by atoms with Gasteiger partial charge >= 0.3 is 0 Å². The molecule has 2 aromatic carbocycles. The molecule has 2 aliphatic heterocycles. The predicted molar refractivity (Wildman–Crippen MR) is 121 cm³/mol. The van der Waals surface area contributed by atoms with Gasteiger partial charge in [0.2, 0.25) is 0 Å². The molecule has 0 spiro atoms. The van der Waals surface area contributed by atoms with Crippen LogP contribution in [-0.2, 0) is 12.0 Å². The largest absolute Gasteiger partial charge is 0.497 e.